The minimum atomic E-state index is 0.347. The molecule has 1 aromatic rings. The molecule has 1 fully saturated rings. The fraction of sp³-hybridized carbons (Fsp3) is 0.733. The molecule has 106 valence electrons. The van der Waals surface area contributed by atoms with Gasteiger partial charge in [0, 0.05) is 18.7 Å². The SMILES string of the molecule is CC(C)c1c(Cl)ncnc1N1CCCC(C)(C)CC1. The molecule has 1 aromatic heterocycles. The van der Waals surface area contributed by atoms with E-state index < -0.39 is 0 Å². The molecule has 0 atom stereocenters. The van der Waals surface area contributed by atoms with E-state index in [1.165, 1.54) is 19.3 Å². The lowest BCUT2D eigenvalue weighted by atomic mass is 9.85. The molecule has 0 N–H and O–H groups in total. The molecule has 2 heterocycles. The largest absolute Gasteiger partial charge is 0.356 e. The molecule has 2 rings (SSSR count). The van der Waals surface area contributed by atoms with Crippen LogP contribution in [0.5, 0.6) is 0 Å². The van der Waals surface area contributed by atoms with Crippen LogP contribution < -0.4 is 4.90 Å². The summed E-state index contributed by atoms with van der Waals surface area (Å²) in [5, 5.41) is 0.600. The third kappa shape index (κ3) is 3.38. The van der Waals surface area contributed by atoms with Gasteiger partial charge in [-0.2, -0.15) is 0 Å². The first-order valence-electron chi connectivity index (χ1n) is 7.16. The van der Waals surface area contributed by atoms with Gasteiger partial charge < -0.3 is 4.90 Å². The Balaban J connectivity index is 2.29. The van der Waals surface area contributed by atoms with Crippen molar-refractivity contribution in [1.29, 1.82) is 0 Å². The second-order valence-corrected chi connectivity index (χ2v) is 6.92. The summed E-state index contributed by atoms with van der Waals surface area (Å²) in [7, 11) is 0. The number of rotatable bonds is 2. The summed E-state index contributed by atoms with van der Waals surface area (Å²) in [6.45, 7) is 11.1. The average Bonchev–Trinajstić information content (AvgIpc) is 2.49. The van der Waals surface area contributed by atoms with Crippen LogP contribution in [0.4, 0.5) is 5.82 Å². The van der Waals surface area contributed by atoms with E-state index in [-0.39, 0.29) is 0 Å². The van der Waals surface area contributed by atoms with Crippen LogP contribution in [0, 0.1) is 5.41 Å². The Morgan fingerprint density at radius 2 is 1.95 bits per heavy atom. The Morgan fingerprint density at radius 3 is 2.63 bits per heavy atom. The van der Waals surface area contributed by atoms with Gasteiger partial charge in [-0.15, -0.1) is 0 Å². The summed E-state index contributed by atoms with van der Waals surface area (Å²) in [5.41, 5.74) is 1.52. The van der Waals surface area contributed by atoms with E-state index in [0.717, 1.165) is 24.5 Å². The highest BCUT2D eigenvalue weighted by Crippen LogP contribution is 2.35. The van der Waals surface area contributed by atoms with Crippen LogP contribution >= 0.6 is 11.6 Å². The molecule has 4 heteroatoms. The lowest BCUT2D eigenvalue weighted by Gasteiger charge is -2.26. The van der Waals surface area contributed by atoms with Gasteiger partial charge in [-0.25, -0.2) is 9.97 Å². The molecular formula is C15H24ClN3. The lowest BCUT2D eigenvalue weighted by Crippen LogP contribution is -2.27. The maximum Gasteiger partial charge on any atom is 0.138 e. The van der Waals surface area contributed by atoms with E-state index in [2.05, 4.69) is 42.6 Å². The molecule has 0 radical (unpaired) electrons. The standard InChI is InChI=1S/C15H24ClN3/c1-11(2)12-13(16)17-10-18-14(12)19-8-5-6-15(3,4)7-9-19/h10-11H,5-9H2,1-4H3. The van der Waals surface area contributed by atoms with Gasteiger partial charge in [-0.1, -0.05) is 39.3 Å². The summed E-state index contributed by atoms with van der Waals surface area (Å²) < 4.78 is 0. The van der Waals surface area contributed by atoms with Crippen molar-refractivity contribution in [2.75, 3.05) is 18.0 Å². The number of halogens is 1. The van der Waals surface area contributed by atoms with Crippen LogP contribution in [0.2, 0.25) is 5.15 Å². The highest BCUT2D eigenvalue weighted by molar-refractivity contribution is 6.30. The summed E-state index contributed by atoms with van der Waals surface area (Å²) in [6.07, 6.45) is 5.28. The summed E-state index contributed by atoms with van der Waals surface area (Å²) >= 11 is 6.26. The molecule has 0 amide bonds. The number of hydrogen-bond donors (Lipinski definition) is 0. The van der Waals surface area contributed by atoms with E-state index >= 15 is 0 Å². The molecule has 0 saturated carbocycles. The van der Waals surface area contributed by atoms with Crippen LogP contribution in [0.3, 0.4) is 0 Å². The molecule has 0 bridgehead atoms. The van der Waals surface area contributed by atoms with E-state index in [0.29, 0.717) is 16.5 Å². The zero-order valence-electron chi connectivity index (χ0n) is 12.4. The fourth-order valence-corrected chi connectivity index (χ4v) is 3.10. The first-order chi connectivity index (χ1) is 8.91. The van der Waals surface area contributed by atoms with Crippen molar-refractivity contribution >= 4 is 17.4 Å². The molecule has 0 spiro atoms. The summed E-state index contributed by atoms with van der Waals surface area (Å²) in [5.74, 6) is 1.38. The second-order valence-electron chi connectivity index (χ2n) is 6.56. The smallest absolute Gasteiger partial charge is 0.138 e. The third-order valence-electron chi connectivity index (χ3n) is 4.03. The molecule has 1 saturated heterocycles. The van der Waals surface area contributed by atoms with Gasteiger partial charge in [0.1, 0.15) is 17.3 Å². The van der Waals surface area contributed by atoms with E-state index in [1.54, 1.807) is 6.33 Å². The number of aromatic nitrogens is 2. The Labute approximate surface area is 121 Å². The normalized spacial score (nSPS) is 19.6. The molecule has 1 aliphatic rings. The number of hydrogen-bond acceptors (Lipinski definition) is 3. The minimum Gasteiger partial charge on any atom is -0.356 e. The summed E-state index contributed by atoms with van der Waals surface area (Å²) in [4.78, 5) is 11.0. The van der Waals surface area contributed by atoms with Gasteiger partial charge in [0.2, 0.25) is 0 Å². The fourth-order valence-electron chi connectivity index (χ4n) is 2.75. The van der Waals surface area contributed by atoms with Gasteiger partial charge in [-0.3, -0.25) is 0 Å². The minimum absolute atomic E-state index is 0.347. The summed E-state index contributed by atoms with van der Waals surface area (Å²) in [6, 6.07) is 0. The van der Waals surface area contributed by atoms with Crippen molar-refractivity contribution < 1.29 is 0 Å². The average molecular weight is 282 g/mol. The first-order valence-corrected chi connectivity index (χ1v) is 7.54. The van der Waals surface area contributed by atoms with Gasteiger partial charge in [0.15, 0.2) is 0 Å². The van der Waals surface area contributed by atoms with Crippen LogP contribution in [0.25, 0.3) is 0 Å². The van der Waals surface area contributed by atoms with Gasteiger partial charge >= 0.3 is 0 Å². The Kier molecular flexibility index (Phi) is 4.34. The van der Waals surface area contributed by atoms with E-state index in [1.807, 2.05) is 0 Å². The Morgan fingerprint density at radius 1 is 1.21 bits per heavy atom. The van der Waals surface area contributed by atoms with Crippen molar-refractivity contribution in [3.8, 4) is 0 Å². The quantitative estimate of drug-likeness (QED) is 0.758. The van der Waals surface area contributed by atoms with Crippen LogP contribution in [-0.4, -0.2) is 23.1 Å². The lowest BCUT2D eigenvalue weighted by molar-refractivity contribution is 0.325. The van der Waals surface area contributed by atoms with Crippen LogP contribution in [0.1, 0.15) is 58.4 Å². The monoisotopic (exact) mass is 281 g/mol. The predicted octanol–water partition coefficient (Wildman–Crippen LogP) is 4.27. The number of nitrogens with zero attached hydrogens (tertiary/aromatic N) is 3. The highest BCUT2D eigenvalue weighted by atomic mass is 35.5. The van der Waals surface area contributed by atoms with E-state index in [4.69, 9.17) is 11.6 Å². The Bertz CT molecular complexity index is 443. The second kappa shape index (κ2) is 5.66. The molecule has 19 heavy (non-hydrogen) atoms. The molecule has 1 aliphatic heterocycles. The topological polar surface area (TPSA) is 29.0 Å². The first kappa shape index (κ1) is 14.6. The van der Waals surface area contributed by atoms with Crippen LogP contribution in [-0.2, 0) is 0 Å². The maximum absolute atomic E-state index is 6.26. The molecule has 3 nitrogen and oxygen atoms in total. The van der Waals surface area contributed by atoms with Crippen molar-refractivity contribution in [2.45, 2.75) is 52.9 Å². The van der Waals surface area contributed by atoms with Gasteiger partial charge in [-0.05, 0) is 30.6 Å². The van der Waals surface area contributed by atoms with Crippen LogP contribution in [0.15, 0.2) is 6.33 Å². The number of anilines is 1. The molecular weight excluding hydrogens is 258 g/mol. The van der Waals surface area contributed by atoms with Crippen molar-refractivity contribution in [2.24, 2.45) is 5.41 Å². The third-order valence-corrected chi connectivity index (χ3v) is 4.33. The maximum atomic E-state index is 6.26. The molecule has 0 aromatic carbocycles. The van der Waals surface area contributed by atoms with E-state index in [9.17, 15) is 0 Å². The molecule has 0 aliphatic carbocycles. The van der Waals surface area contributed by atoms with Crippen molar-refractivity contribution in [1.82, 2.24) is 9.97 Å². The predicted molar refractivity (Wildman–Crippen MR) is 81.0 cm³/mol. The zero-order chi connectivity index (χ0) is 14.0. The highest BCUT2D eigenvalue weighted by Gasteiger charge is 2.26. The zero-order valence-corrected chi connectivity index (χ0v) is 13.2. The Hall–Kier alpha value is -0.830. The van der Waals surface area contributed by atoms with Crippen molar-refractivity contribution in [3.05, 3.63) is 17.0 Å². The van der Waals surface area contributed by atoms with Crippen molar-refractivity contribution in [3.63, 3.8) is 0 Å². The van der Waals surface area contributed by atoms with Gasteiger partial charge in [0.05, 0.1) is 0 Å². The molecule has 0 unspecified atom stereocenters. The van der Waals surface area contributed by atoms with Gasteiger partial charge in [0.25, 0.3) is 0 Å².